The second-order valence-corrected chi connectivity index (χ2v) is 11.3. The van der Waals surface area contributed by atoms with Crippen LogP contribution in [0, 0.1) is 0 Å². The van der Waals surface area contributed by atoms with Crippen LogP contribution in [0.5, 0.6) is 11.5 Å². The van der Waals surface area contributed by atoms with Gasteiger partial charge < -0.3 is 19.7 Å². The molecule has 0 spiro atoms. The van der Waals surface area contributed by atoms with E-state index < -0.39 is 24.1 Å². The van der Waals surface area contributed by atoms with Gasteiger partial charge in [0.2, 0.25) is 0 Å². The molecule has 1 unspecified atom stereocenters. The van der Waals surface area contributed by atoms with Gasteiger partial charge in [-0.2, -0.15) is 0 Å². The predicted octanol–water partition coefficient (Wildman–Crippen LogP) is 7.94. The molecule has 0 saturated carbocycles. The standard InChI is InChI=1S/C36H48F2N4O3/c1-9-18-36(37,38)29(32(12-4)45-33-15-13-14-27(10-2)35(33)31(43)11-3)24-39-26(7)40-30-17-16-28(23-34(30)44-8)42-21-19-41(20-22-42)25(5)6/h9,12-17,23-26,40H,1,4,10-11,18-22H2,2-3,5-8H3/b32-29-,39-24?. The van der Waals surface area contributed by atoms with Gasteiger partial charge in [0.05, 0.1) is 23.9 Å². The van der Waals surface area contributed by atoms with Gasteiger partial charge in [0.15, 0.2) is 5.78 Å². The molecule has 2 aromatic rings. The van der Waals surface area contributed by atoms with Crippen molar-refractivity contribution in [2.75, 3.05) is 43.5 Å². The first kappa shape index (κ1) is 35.5. The fourth-order valence-corrected chi connectivity index (χ4v) is 5.35. The third-order valence-corrected chi connectivity index (χ3v) is 7.95. The zero-order chi connectivity index (χ0) is 33.1. The predicted molar refractivity (Wildman–Crippen MR) is 182 cm³/mol. The number of aliphatic imine (C=N–C) groups is 1. The third-order valence-electron chi connectivity index (χ3n) is 7.95. The highest BCUT2D eigenvalue weighted by atomic mass is 19.3. The molecule has 7 nitrogen and oxygen atoms in total. The summed E-state index contributed by atoms with van der Waals surface area (Å²) in [4.78, 5) is 22.0. The van der Waals surface area contributed by atoms with E-state index in [-0.39, 0.29) is 23.7 Å². The number of carbonyl (C=O) groups is 1. The smallest absolute Gasteiger partial charge is 0.281 e. The second kappa shape index (κ2) is 16.4. The van der Waals surface area contributed by atoms with Crippen molar-refractivity contribution in [3.8, 4) is 11.5 Å². The number of methoxy groups -OCH3 is 1. The normalized spacial score (nSPS) is 15.5. The number of ether oxygens (including phenoxy) is 2. The maximum atomic E-state index is 15.5. The van der Waals surface area contributed by atoms with Crippen molar-refractivity contribution in [1.82, 2.24) is 4.90 Å². The summed E-state index contributed by atoms with van der Waals surface area (Å²) in [6, 6.07) is 11.6. The fourth-order valence-electron chi connectivity index (χ4n) is 5.35. The molecule has 1 fully saturated rings. The summed E-state index contributed by atoms with van der Waals surface area (Å²) in [7, 11) is 1.60. The van der Waals surface area contributed by atoms with Crippen molar-refractivity contribution >= 4 is 23.4 Å². The van der Waals surface area contributed by atoms with Gasteiger partial charge in [0, 0.05) is 63.0 Å². The van der Waals surface area contributed by atoms with Crippen LogP contribution in [-0.4, -0.2) is 68.3 Å². The van der Waals surface area contributed by atoms with E-state index in [1.807, 2.05) is 31.2 Å². The number of allylic oxidation sites excluding steroid dienone is 3. The molecule has 1 aliphatic rings. The first-order valence-corrected chi connectivity index (χ1v) is 15.6. The molecule has 1 heterocycles. The molecule has 244 valence electrons. The number of nitrogens with zero attached hydrogens (tertiary/aromatic N) is 3. The highest BCUT2D eigenvalue weighted by Crippen LogP contribution is 2.34. The number of nitrogens with one attached hydrogen (secondary N) is 1. The number of carbonyl (C=O) groups excluding carboxylic acids is 1. The molecule has 1 N–H and O–H groups in total. The van der Waals surface area contributed by atoms with Crippen LogP contribution in [0.3, 0.4) is 0 Å². The Morgan fingerprint density at radius 1 is 1.09 bits per heavy atom. The van der Waals surface area contributed by atoms with E-state index in [1.165, 1.54) is 6.08 Å². The van der Waals surface area contributed by atoms with Gasteiger partial charge in [-0.3, -0.25) is 14.7 Å². The fraction of sp³-hybridized carbons (Fsp3) is 0.444. The van der Waals surface area contributed by atoms with E-state index >= 15 is 8.78 Å². The lowest BCUT2D eigenvalue weighted by molar-refractivity contribution is 0.0490. The minimum atomic E-state index is -3.36. The minimum Gasteiger partial charge on any atom is -0.495 e. The van der Waals surface area contributed by atoms with Gasteiger partial charge in [0.25, 0.3) is 5.92 Å². The molecule has 1 aliphatic heterocycles. The number of halogens is 2. The summed E-state index contributed by atoms with van der Waals surface area (Å²) in [6.07, 6.45) is 3.10. The number of alkyl halides is 2. The summed E-state index contributed by atoms with van der Waals surface area (Å²) < 4.78 is 42.7. The van der Waals surface area contributed by atoms with Crippen molar-refractivity contribution in [2.24, 2.45) is 4.99 Å². The maximum absolute atomic E-state index is 15.5. The number of benzene rings is 2. The Labute approximate surface area is 267 Å². The van der Waals surface area contributed by atoms with Crippen LogP contribution in [0.15, 0.2) is 78.0 Å². The quantitative estimate of drug-likeness (QED) is 0.0674. The minimum absolute atomic E-state index is 0.130. The summed E-state index contributed by atoms with van der Waals surface area (Å²) in [5.74, 6) is -2.83. The summed E-state index contributed by atoms with van der Waals surface area (Å²) in [5.41, 5.74) is 2.45. The average Bonchev–Trinajstić information content (AvgIpc) is 3.03. The molecule has 0 radical (unpaired) electrons. The van der Waals surface area contributed by atoms with Gasteiger partial charge in [-0.1, -0.05) is 38.6 Å². The van der Waals surface area contributed by atoms with Crippen molar-refractivity contribution in [1.29, 1.82) is 0 Å². The Morgan fingerprint density at radius 3 is 2.38 bits per heavy atom. The van der Waals surface area contributed by atoms with Crippen LogP contribution >= 0.6 is 0 Å². The van der Waals surface area contributed by atoms with E-state index in [1.54, 1.807) is 33.1 Å². The Hall–Kier alpha value is -3.98. The number of rotatable bonds is 16. The number of Topliss-reactive ketones (excluding diaryl/α,β-unsaturated/α-hetero) is 1. The molecule has 1 saturated heterocycles. The van der Waals surface area contributed by atoms with Gasteiger partial charge in [-0.15, -0.1) is 6.58 Å². The molecular formula is C36H48F2N4O3. The number of hydrogen-bond donors (Lipinski definition) is 1. The SMILES string of the molecule is C=CCC(F)(F)/C(C=NC(C)Nc1ccc(N2CCN(C(C)C)CC2)cc1OC)=C(/C=C)Oc1cccc(CC)c1C(=O)CC. The lowest BCUT2D eigenvalue weighted by atomic mass is 9.99. The number of hydrogen-bond acceptors (Lipinski definition) is 7. The van der Waals surface area contributed by atoms with E-state index in [2.05, 4.69) is 47.1 Å². The second-order valence-electron chi connectivity index (χ2n) is 11.3. The number of piperazine rings is 1. The molecule has 1 atom stereocenters. The van der Waals surface area contributed by atoms with Crippen molar-refractivity contribution in [3.05, 3.63) is 84.2 Å². The Bertz CT molecular complexity index is 1390. The van der Waals surface area contributed by atoms with Gasteiger partial charge in [-0.25, -0.2) is 8.78 Å². The topological polar surface area (TPSA) is 66.4 Å². The van der Waals surface area contributed by atoms with E-state index in [0.717, 1.165) is 49.7 Å². The van der Waals surface area contributed by atoms with Crippen molar-refractivity contribution in [3.63, 3.8) is 0 Å². The van der Waals surface area contributed by atoms with Crippen LogP contribution < -0.4 is 19.7 Å². The molecule has 9 heteroatoms. The highest BCUT2D eigenvalue weighted by Gasteiger charge is 2.35. The van der Waals surface area contributed by atoms with Gasteiger partial charge >= 0.3 is 0 Å². The molecular weight excluding hydrogens is 574 g/mol. The lowest BCUT2D eigenvalue weighted by Crippen LogP contribution is -2.48. The molecule has 0 amide bonds. The number of anilines is 2. The monoisotopic (exact) mass is 622 g/mol. The first-order chi connectivity index (χ1) is 21.5. The average molecular weight is 623 g/mol. The maximum Gasteiger partial charge on any atom is 0.281 e. The lowest BCUT2D eigenvalue weighted by Gasteiger charge is -2.38. The van der Waals surface area contributed by atoms with E-state index in [9.17, 15) is 4.79 Å². The van der Waals surface area contributed by atoms with Crippen LogP contribution in [0.1, 0.15) is 63.4 Å². The zero-order valence-corrected chi connectivity index (χ0v) is 27.5. The Morgan fingerprint density at radius 2 is 1.80 bits per heavy atom. The molecule has 45 heavy (non-hydrogen) atoms. The first-order valence-electron chi connectivity index (χ1n) is 15.6. The number of ketones is 1. The third kappa shape index (κ3) is 9.03. The van der Waals surface area contributed by atoms with Crippen LogP contribution in [-0.2, 0) is 6.42 Å². The van der Waals surface area contributed by atoms with Crippen LogP contribution in [0.2, 0.25) is 0 Å². The number of aryl methyl sites for hydroxylation is 1. The van der Waals surface area contributed by atoms with Gasteiger partial charge in [-0.05, 0) is 57.0 Å². The van der Waals surface area contributed by atoms with Crippen LogP contribution in [0.4, 0.5) is 20.2 Å². The molecule has 0 aromatic heterocycles. The Balaban J connectivity index is 1.89. The van der Waals surface area contributed by atoms with Crippen molar-refractivity contribution < 1.29 is 23.0 Å². The zero-order valence-electron chi connectivity index (χ0n) is 27.5. The van der Waals surface area contributed by atoms with Gasteiger partial charge in [0.1, 0.15) is 23.4 Å². The molecule has 0 aliphatic carbocycles. The molecule has 3 rings (SSSR count). The molecule has 2 aromatic carbocycles. The summed E-state index contributed by atoms with van der Waals surface area (Å²) in [5, 5.41) is 3.26. The Kier molecular flexibility index (Phi) is 12.9. The molecule has 0 bridgehead atoms. The summed E-state index contributed by atoms with van der Waals surface area (Å²) in [6.45, 7) is 20.9. The van der Waals surface area contributed by atoms with E-state index in [0.29, 0.717) is 29.5 Å². The highest BCUT2D eigenvalue weighted by molar-refractivity contribution is 6.00. The van der Waals surface area contributed by atoms with Crippen molar-refractivity contribution in [2.45, 2.75) is 72.0 Å². The van der Waals surface area contributed by atoms with Crippen LogP contribution in [0.25, 0.3) is 0 Å². The summed E-state index contributed by atoms with van der Waals surface area (Å²) >= 11 is 0. The largest absolute Gasteiger partial charge is 0.495 e. The van der Waals surface area contributed by atoms with E-state index in [4.69, 9.17) is 9.47 Å².